The summed E-state index contributed by atoms with van der Waals surface area (Å²) in [7, 11) is 1.52. The highest BCUT2D eigenvalue weighted by Gasteiger charge is 2.44. The number of aliphatic hydroxyl groups is 1. The van der Waals surface area contributed by atoms with Crippen molar-refractivity contribution in [1.82, 2.24) is 10.2 Å². The molecule has 0 radical (unpaired) electrons. The van der Waals surface area contributed by atoms with Crippen molar-refractivity contribution in [3.63, 3.8) is 0 Å². The molecule has 22 heavy (non-hydrogen) atoms. The third-order valence-electron chi connectivity index (χ3n) is 3.62. The number of halogens is 4. The summed E-state index contributed by atoms with van der Waals surface area (Å²) >= 11 is 3.33. The average molecular weight is 402 g/mol. The number of nitrogens with one attached hydrogen (secondary N) is 1. The largest absolute Gasteiger partial charge is 0.496 e. The van der Waals surface area contributed by atoms with Crippen molar-refractivity contribution in [3.8, 4) is 5.75 Å². The van der Waals surface area contributed by atoms with E-state index < -0.39 is 18.6 Å². The fourth-order valence-corrected chi connectivity index (χ4v) is 3.16. The molecule has 1 saturated heterocycles. The first kappa shape index (κ1) is 19.6. The van der Waals surface area contributed by atoms with Crippen molar-refractivity contribution >= 4 is 28.3 Å². The van der Waals surface area contributed by atoms with Crippen LogP contribution in [0.5, 0.6) is 5.75 Å². The Labute approximate surface area is 143 Å². The Hall–Kier alpha value is -0.470. The summed E-state index contributed by atoms with van der Waals surface area (Å²) in [6.45, 7) is 1.18. The normalized spacial score (nSPS) is 17.7. The van der Waals surface area contributed by atoms with Gasteiger partial charge in [-0.1, -0.05) is 6.07 Å². The Bertz CT molecular complexity index is 488. The van der Waals surface area contributed by atoms with Gasteiger partial charge < -0.3 is 15.2 Å². The van der Waals surface area contributed by atoms with Crippen LogP contribution in [0.25, 0.3) is 0 Å². The van der Waals surface area contributed by atoms with E-state index in [0.29, 0.717) is 42.0 Å². The Morgan fingerprint density at radius 1 is 1.41 bits per heavy atom. The zero-order chi connectivity index (χ0) is 15.5. The zero-order valence-corrected chi connectivity index (χ0v) is 14.6. The molecule has 0 aliphatic carbocycles. The maximum atomic E-state index is 14.2. The standard InChI is InChI=1S/C14H19BrF2N2O2.ClH/c1-21-12-3-2-10(8-11(12)15)13(14(16,17)9-20)19-6-4-18-5-7-19;/h2-3,8,13,18,20H,4-7,9H2,1H3;1H/t13-;/m1./s1. The van der Waals surface area contributed by atoms with E-state index in [4.69, 9.17) is 9.84 Å². The summed E-state index contributed by atoms with van der Waals surface area (Å²) in [6.07, 6.45) is 0. The van der Waals surface area contributed by atoms with Crippen LogP contribution in [0.15, 0.2) is 22.7 Å². The van der Waals surface area contributed by atoms with E-state index >= 15 is 0 Å². The first-order valence-electron chi connectivity index (χ1n) is 6.76. The number of benzene rings is 1. The Morgan fingerprint density at radius 2 is 2.05 bits per heavy atom. The van der Waals surface area contributed by atoms with Gasteiger partial charge >= 0.3 is 0 Å². The molecule has 1 aromatic rings. The SMILES string of the molecule is COc1ccc([C@@H](N2CCNCC2)C(F)(F)CO)cc1Br.Cl. The number of ether oxygens (including phenoxy) is 1. The van der Waals surface area contributed by atoms with Crippen LogP contribution in [-0.2, 0) is 0 Å². The van der Waals surface area contributed by atoms with E-state index in [0.717, 1.165) is 0 Å². The van der Waals surface area contributed by atoms with Gasteiger partial charge in [0.15, 0.2) is 0 Å². The van der Waals surface area contributed by atoms with E-state index in [1.165, 1.54) is 7.11 Å². The van der Waals surface area contributed by atoms with Crippen LogP contribution in [0.2, 0.25) is 0 Å². The van der Waals surface area contributed by atoms with E-state index in [9.17, 15) is 8.78 Å². The van der Waals surface area contributed by atoms with Gasteiger partial charge in [-0.2, -0.15) is 0 Å². The van der Waals surface area contributed by atoms with Crippen molar-refractivity contribution < 1.29 is 18.6 Å². The van der Waals surface area contributed by atoms with Gasteiger partial charge in [0.1, 0.15) is 18.4 Å². The molecular formula is C14H20BrClF2N2O2. The molecule has 1 atom stereocenters. The molecule has 1 aliphatic rings. The summed E-state index contributed by atoms with van der Waals surface area (Å²) in [5.74, 6) is -2.61. The number of hydrogen-bond acceptors (Lipinski definition) is 4. The van der Waals surface area contributed by atoms with Crippen LogP contribution in [-0.4, -0.2) is 55.8 Å². The molecule has 2 rings (SSSR count). The van der Waals surface area contributed by atoms with Crippen LogP contribution in [0, 0.1) is 0 Å². The van der Waals surface area contributed by atoms with Gasteiger partial charge in [-0.05, 0) is 33.6 Å². The summed E-state index contributed by atoms with van der Waals surface area (Å²) in [5.41, 5.74) is 0.462. The second-order valence-corrected chi connectivity index (χ2v) is 5.86. The lowest BCUT2D eigenvalue weighted by atomic mass is 9.98. The summed E-state index contributed by atoms with van der Waals surface area (Å²) in [6, 6.07) is 3.77. The van der Waals surface area contributed by atoms with Gasteiger partial charge in [0.25, 0.3) is 5.92 Å². The van der Waals surface area contributed by atoms with E-state index in [1.807, 2.05) is 0 Å². The minimum Gasteiger partial charge on any atom is -0.496 e. The molecule has 4 nitrogen and oxygen atoms in total. The van der Waals surface area contributed by atoms with Crippen molar-refractivity contribution in [2.75, 3.05) is 39.9 Å². The third kappa shape index (κ3) is 4.29. The van der Waals surface area contributed by atoms with Crippen molar-refractivity contribution in [2.24, 2.45) is 0 Å². The number of nitrogens with zero attached hydrogens (tertiary/aromatic N) is 1. The Kier molecular flexibility index (Phi) is 7.48. The molecule has 8 heteroatoms. The summed E-state index contributed by atoms with van der Waals surface area (Å²) in [5, 5.41) is 12.2. The molecular weight excluding hydrogens is 382 g/mol. The van der Waals surface area contributed by atoms with Gasteiger partial charge in [-0.15, -0.1) is 12.4 Å². The molecule has 0 saturated carbocycles. The van der Waals surface area contributed by atoms with E-state index in [1.54, 1.807) is 23.1 Å². The molecule has 0 aromatic heterocycles. The second kappa shape index (κ2) is 8.40. The Morgan fingerprint density at radius 3 is 2.55 bits per heavy atom. The lowest BCUT2D eigenvalue weighted by molar-refractivity contribution is -0.118. The predicted octanol–water partition coefficient (Wildman–Crippen LogP) is 2.45. The molecule has 1 aromatic carbocycles. The maximum Gasteiger partial charge on any atom is 0.289 e. The number of rotatable bonds is 5. The molecule has 0 unspecified atom stereocenters. The molecule has 1 heterocycles. The number of hydrogen-bond donors (Lipinski definition) is 2. The molecule has 2 N–H and O–H groups in total. The summed E-state index contributed by atoms with van der Waals surface area (Å²) < 4.78 is 34.2. The van der Waals surface area contributed by atoms with Crippen LogP contribution in [0.3, 0.4) is 0 Å². The highest BCUT2D eigenvalue weighted by Crippen LogP contribution is 2.39. The average Bonchev–Trinajstić information content (AvgIpc) is 2.48. The van der Waals surface area contributed by atoms with Crippen molar-refractivity contribution in [2.45, 2.75) is 12.0 Å². The van der Waals surface area contributed by atoms with Gasteiger partial charge in [-0.3, -0.25) is 4.90 Å². The monoisotopic (exact) mass is 400 g/mol. The van der Waals surface area contributed by atoms with Gasteiger partial charge in [-0.25, -0.2) is 8.78 Å². The first-order chi connectivity index (χ1) is 9.99. The van der Waals surface area contributed by atoms with Crippen molar-refractivity contribution in [3.05, 3.63) is 28.2 Å². The minimum atomic E-state index is -3.20. The van der Waals surface area contributed by atoms with Gasteiger partial charge in [0.2, 0.25) is 0 Å². The smallest absolute Gasteiger partial charge is 0.289 e. The topological polar surface area (TPSA) is 44.7 Å². The lowest BCUT2D eigenvalue weighted by Crippen LogP contribution is -2.51. The molecule has 0 amide bonds. The van der Waals surface area contributed by atoms with Crippen LogP contribution in [0.4, 0.5) is 8.78 Å². The van der Waals surface area contributed by atoms with Gasteiger partial charge in [0.05, 0.1) is 11.6 Å². The first-order valence-corrected chi connectivity index (χ1v) is 7.56. The molecule has 126 valence electrons. The number of piperazine rings is 1. The summed E-state index contributed by atoms with van der Waals surface area (Å²) in [4.78, 5) is 1.71. The number of aliphatic hydroxyl groups excluding tert-OH is 1. The van der Waals surface area contributed by atoms with Crippen LogP contribution in [0.1, 0.15) is 11.6 Å². The van der Waals surface area contributed by atoms with Crippen LogP contribution >= 0.6 is 28.3 Å². The highest BCUT2D eigenvalue weighted by molar-refractivity contribution is 9.10. The zero-order valence-electron chi connectivity index (χ0n) is 12.2. The fraction of sp³-hybridized carbons (Fsp3) is 0.571. The van der Waals surface area contributed by atoms with Gasteiger partial charge in [0, 0.05) is 26.2 Å². The van der Waals surface area contributed by atoms with E-state index in [2.05, 4.69) is 21.2 Å². The predicted molar refractivity (Wildman–Crippen MR) is 87.2 cm³/mol. The van der Waals surface area contributed by atoms with E-state index in [-0.39, 0.29) is 12.4 Å². The third-order valence-corrected chi connectivity index (χ3v) is 4.24. The highest BCUT2D eigenvalue weighted by atomic mass is 79.9. The fourth-order valence-electron chi connectivity index (χ4n) is 2.60. The lowest BCUT2D eigenvalue weighted by Gasteiger charge is -2.38. The molecule has 0 spiro atoms. The Balaban J connectivity index is 0.00000242. The quantitative estimate of drug-likeness (QED) is 0.795. The molecule has 0 bridgehead atoms. The number of alkyl halides is 2. The minimum absolute atomic E-state index is 0. The maximum absolute atomic E-state index is 14.2. The molecule has 1 fully saturated rings. The van der Waals surface area contributed by atoms with Crippen LogP contribution < -0.4 is 10.1 Å². The number of methoxy groups -OCH3 is 1. The van der Waals surface area contributed by atoms with Crippen molar-refractivity contribution in [1.29, 1.82) is 0 Å². The second-order valence-electron chi connectivity index (χ2n) is 5.00. The molecule has 1 aliphatic heterocycles.